The highest BCUT2D eigenvalue weighted by Gasteiger charge is 2.52. The molecule has 6 heteroatoms. The molecule has 2 aliphatic rings. The first kappa shape index (κ1) is 10.9. The number of likely N-dealkylation sites (tertiary alicyclic amines) is 1. The zero-order chi connectivity index (χ0) is 12.7. The molecule has 0 aromatic heterocycles. The van der Waals surface area contributed by atoms with E-state index in [0.717, 1.165) is 5.56 Å². The Labute approximate surface area is 104 Å². The molecule has 2 unspecified atom stereocenters. The maximum Gasteiger partial charge on any atom is 0.259 e. The lowest BCUT2D eigenvalue weighted by atomic mass is 10.2. The van der Waals surface area contributed by atoms with Gasteiger partial charge >= 0.3 is 0 Å². The summed E-state index contributed by atoms with van der Waals surface area (Å²) in [6.45, 7) is 0.300. The van der Waals surface area contributed by atoms with Gasteiger partial charge in [0.2, 0.25) is 0 Å². The van der Waals surface area contributed by atoms with Gasteiger partial charge in [-0.25, -0.2) is 0 Å². The van der Waals surface area contributed by atoms with Gasteiger partial charge in [-0.2, -0.15) is 5.11 Å². The zero-order valence-corrected chi connectivity index (χ0v) is 9.85. The number of rotatable bonds is 2. The minimum atomic E-state index is -0.661. The first-order valence-electron chi connectivity index (χ1n) is 5.71. The highest BCUT2D eigenvalue weighted by atomic mass is 16.2. The van der Waals surface area contributed by atoms with Crippen molar-refractivity contribution in [3.63, 3.8) is 0 Å². The number of likely N-dealkylation sites (N-methyl/N-ethyl adjacent to an activating group) is 1. The van der Waals surface area contributed by atoms with E-state index in [0.29, 0.717) is 6.54 Å². The van der Waals surface area contributed by atoms with Crippen LogP contribution in [0.4, 0.5) is 0 Å². The second-order valence-corrected chi connectivity index (χ2v) is 4.42. The van der Waals surface area contributed by atoms with Gasteiger partial charge in [-0.15, -0.1) is 0 Å². The molecule has 1 saturated heterocycles. The number of nitrogens with zero attached hydrogens (tertiary/aromatic N) is 4. The number of benzene rings is 1. The Bertz CT molecular complexity index is 528. The minimum Gasteiger partial charge on any atom is -0.274 e. The number of fused-ring (bicyclic) bond motifs is 1. The Balaban J connectivity index is 1.84. The van der Waals surface area contributed by atoms with Gasteiger partial charge in [-0.3, -0.25) is 19.5 Å². The minimum absolute atomic E-state index is 0.221. The average Bonchev–Trinajstić information content (AvgIpc) is 2.87. The van der Waals surface area contributed by atoms with E-state index in [1.807, 2.05) is 30.3 Å². The average molecular weight is 244 g/mol. The third-order valence-corrected chi connectivity index (χ3v) is 3.24. The summed E-state index contributed by atoms with van der Waals surface area (Å²) >= 11 is 0. The number of amides is 2. The number of imide groups is 1. The molecule has 0 aliphatic carbocycles. The standard InChI is InChI=1S/C12H12N4O2/c1-15-10-9(13-14-15)11(17)16(12(10)18)7-8-5-3-2-4-6-8/h2-6,9-10H,7H2,1H3. The SMILES string of the molecule is CN1N=NC2C(=O)N(Cc3ccccc3)C(=O)C21. The van der Waals surface area contributed by atoms with E-state index in [1.54, 1.807) is 7.05 Å². The quantitative estimate of drug-likeness (QED) is 0.716. The Morgan fingerprint density at radius 3 is 2.56 bits per heavy atom. The van der Waals surface area contributed by atoms with Crippen LogP contribution >= 0.6 is 0 Å². The van der Waals surface area contributed by atoms with E-state index in [9.17, 15) is 9.59 Å². The number of hydrogen-bond donors (Lipinski definition) is 0. The van der Waals surface area contributed by atoms with Gasteiger partial charge < -0.3 is 0 Å². The van der Waals surface area contributed by atoms with Crippen molar-refractivity contribution >= 4 is 11.8 Å². The normalized spacial score (nSPS) is 26.1. The second-order valence-electron chi connectivity index (χ2n) is 4.42. The van der Waals surface area contributed by atoms with Crippen LogP contribution in [0.2, 0.25) is 0 Å². The predicted molar refractivity (Wildman–Crippen MR) is 62.2 cm³/mol. The third kappa shape index (κ3) is 1.49. The smallest absolute Gasteiger partial charge is 0.259 e. The maximum atomic E-state index is 12.2. The lowest BCUT2D eigenvalue weighted by Gasteiger charge is -2.17. The maximum absolute atomic E-state index is 12.2. The number of hydrogen-bond acceptors (Lipinski definition) is 5. The summed E-state index contributed by atoms with van der Waals surface area (Å²) in [7, 11) is 1.66. The van der Waals surface area contributed by atoms with Gasteiger partial charge in [-0.1, -0.05) is 35.6 Å². The van der Waals surface area contributed by atoms with Crippen molar-refractivity contribution in [3.8, 4) is 0 Å². The molecule has 1 aromatic carbocycles. The van der Waals surface area contributed by atoms with Crippen LogP contribution in [0, 0.1) is 0 Å². The van der Waals surface area contributed by atoms with E-state index in [4.69, 9.17) is 0 Å². The van der Waals surface area contributed by atoms with Crippen LogP contribution in [-0.4, -0.2) is 40.9 Å². The van der Waals surface area contributed by atoms with E-state index in [2.05, 4.69) is 10.3 Å². The first-order chi connectivity index (χ1) is 8.68. The predicted octanol–water partition coefficient (Wildman–Crippen LogP) is 0.605. The van der Waals surface area contributed by atoms with Crippen molar-refractivity contribution in [1.82, 2.24) is 9.91 Å². The summed E-state index contributed by atoms with van der Waals surface area (Å²) in [6.07, 6.45) is 0. The molecular weight excluding hydrogens is 232 g/mol. The molecule has 0 spiro atoms. The van der Waals surface area contributed by atoms with E-state index in [1.165, 1.54) is 9.91 Å². The topological polar surface area (TPSA) is 65.3 Å². The molecule has 0 saturated carbocycles. The van der Waals surface area contributed by atoms with E-state index < -0.39 is 12.1 Å². The molecule has 0 bridgehead atoms. The van der Waals surface area contributed by atoms with E-state index in [-0.39, 0.29) is 11.8 Å². The second kappa shape index (κ2) is 3.90. The fraction of sp³-hybridized carbons (Fsp3) is 0.333. The molecule has 1 fully saturated rings. The third-order valence-electron chi connectivity index (χ3n) is 3.24. The Hall–Kier alpha value is -2.24. The van der Waals surface area contributed by atoms with Gasteiger partial charge in [0.1, 0.15) is 0 Å². The van der Waals surface area contributed by atoms with Crippen LogP contribution in [0.15, 0.2) is 40.7 Å². The molecule has 6 nitrogen and oxygen atoms in total. The van der Waals surface area contributed by atoms with Crippen LogP contribution in [0.1, 0.15) is 5.56 Å². The van der Waals surface area contributed by atoms with Crippen LogP contribution in [0.3, 0.4) is 0 Å². The Morgan fingerprint density at radius 1 is 1.17 bits per heavy atom. The lowest BCUT2D eigenvalue weighted by Crippen LogP contribution is -2.37. The first-order valence-corrected chi connectivity index (χ1v) is 5.71. The van der Waals surface area contributed by atoms with Crippen LogP contribution in [-0.2, 0) is 16.1 Å². The largest absolute Gasteiger partial charge is 0.274 e. The van der Waals surface area contributed by atoms with Crippen molar-refractivity contribution in [2.24, 2.45) is 10.3 Å². The summed E-state index contributed by atoms with van der Waals surface area (Å²) in [4.78, 5) is 25.5. The van der Waals surface area contributed by atoms with Gasteiger partial charge in [0.25, 0.3) is 11.8 Å². The summed E-state index contributed by atoms with van der Waals surface area (Å²) in [5.74, 6) is -0.483. The van der Waals surface area contributed by atoms with Gasteiger partial charge in [0.05, 0.1) is 6.54 Å². The fourth-order valence-corrected chi connectivity index (χ4v) is 2.29. The monoisotopic (exact) mass is 244 g/mol. The summed E-state index contributed by atoms with van der Waals surface area (Å²) in [5.41, 5.74) is 0.929. The van der Waals surface area contributed by atoms with Gasteiger partial charge in [-0.05, 0) is 5.56 Å². The molecule has 0 N–H and O–H groups in total. The van der Waals surface area contributed by atoms with Gasteiger partial charge in [0.15, 0.2) is 12.1 Å². The van der Waals surface area contributed by atoms with Crippen molar-refractivity contribution in [1.29, 1.82) is 0 Å². The molecule has 18 heavy (non-hydrogen) atoms. The summed E-state index contributed by atoms with van der Waals surface area (Å²) in [5, 5.41) is 9.05. The molecule has 2 heterocycles. The lowest BCUT2D eigenvalue weighted by molar-refractivity contribution is -0.140. The Morgan fingerprint density at radius 2 is 1.89 bits per heavy atom. The van der Waals surface area contributed by atoms with Crippen molar-refractivity contribution < 1.29 is 9.59 Å². The highest BCUT2D eigenvalue weighted by molar-refractivity contribution is 6.09. The number of carbonyl (C=O) groups is 2. The van der Waals surface area contributed by atoms with Gasteiger partial charge in [0, 0.05) is 7.05 Å². The molecule has 1 aromatic rings. The number of carbonyl (C=O) groups excluding carboxylic acids is 2. The highest BCUT2D eigenvalue weighted by Crippen LogP contribution is 2.27. The summed E-state index contributed by atoms with van der Waals surface area (Å²) in [6, 6.07) is 8.22. The molecule has 2 aliphatic heterocycles. The van der Waals surface area contributed by atoms with Crippen molar-refractivity contribution in [2.45, 2.75) is 18.6 Å². The van der Waals surface area contributed by atoms with Crippen molar-refractivity contribution in [3.05, 3.63) is 35.9 Å². The zero-order valence-electron chi connectivity index (χ0n) is 9.85. The molecule has 0 radical (unpaired) electrons. The van der Waals surface area contributed by atoms with Crippen LogP contribution in [0.5, 0.6) is 0 Å². The van der Waals surface area contributed by atoms with Crippen LogP contribution < -0.4 is 0 Å². The molecule has 2 atom stereocenters. The molecule has 92 valence electrons. The van der Waals surface area contributed by atoms with Crippen molar-refractivity contribution in [2.75, 3.05) is 7.05 Å². The fourth-order valence-electron chi connectivity index (χ4n) is 2.29. The molecule has 2 amide bonds. The molecule has 3 rings (SSSR count). The molecular formula is C12H12N4O2. The Kier molecular flexibility index (Phi) is 2.36. The summed E-state index contributed by atoms with van der Waals surface area (Å²) < 4.78 is 0. The van der Waals surface area contributed by atoms with Crippen LogP contribution in [0.25, 0.3) is 0 Å². The van der Waals surface area contributed by atoms with E-state index >= 15 is 0 Å².